The molecule has 1 amide bonds. The number of terminal acetylenes is 1. The highest BCUT2D eigenvalue weighted by atomic mass is 79.9. The summed E-state index contributed by atoms with van der Waals surface area (Å²) in [5.74, 6) is 1.08. The van der Waals surface area contributed by atoms with Gasteiger partial charge in [-0.1, -0.05) is 105 Å². The summed E-state index contributed by atoms with van der Waals surface area (Å²) in [6.07, 6.45) is 22.7. The van der Waals surface area contributed by atoms with Gasteiger partial charge >= 0.3 is 0 Å². The van der Waals surface area contributed by atoms with Crippen molar-refractivity contribution in [1.29, 1.82) is 0 Å². The van der Waals surface area contributed by atoms with Crippen LogP contribution in [0.2, 0.25) is 0 Å². The summed E-state index contributed by atoms with van der Waals surface area (Å²) in [6, 6.07) is 13.5. The number of carbonyl (C=O) groups excluding carboxylic acids is 2. The lowest BCUT2D eigenvalue weighted by Gasteiger charge is -2.36. The second-order valence-electron chi connectivity index (χ2n) is 12.7. The van der Waals surface area contributed by atoms with Gasteiger partial charge in [0.15, 0.2) is 0 Å². The Labute approximate surface area is 303 Å². The number of carbonyl (C=O) groups is 2. The van der Waals surface area contributed by atoms with Crippen LogP contribution in [0.3, 0.4) is 0 Å². The number of nitrogens with one attached hydrogen (secondary N) is 1. The van der Waals surface area contributed by atoms with Crippen molar-refractivity contribution in [3.05, 3.63) is 71.9 Å². The fraction of sp³-hybridized carbons (Fsp3) is 0.571. The summed E-state index contributed by atoms with van der Waals surface area (Å²) >= 11 is 3.45. The summed E-state index contributed by atoms with van der Waals surface area (Å²) in [5.41, 5.74) is 2.45. The quantitative estimate of drug-likeness (QED) is 0.151. The number of benzene rings is 2. The molecule has 0 spiro atoms. The Morgan fingerprint density at radius 2 is 1.52 bits per heavy atom. The zero-order valence-electron chi connectivity index (χ0n) is 31.2. The number of hydrogen-bond donors (Lipinski definition) is 1. The highest BCUT2D eigenvalue weighted by Crippen LogP contribution is 2.29. The van der Waals surface area contributed by atoms with Gasteiger partial charge in [0.05, 0.1) is 12.6 Å². The van der Waals surface area contributed by atoms with Crippen LogP contribution in [0.5, 0.6) is 0 Å². The molecule has 1 aliphatic carbocycles. The number of ketones is 1. The van der Waals surface area contributed by atoms with Gasteiger partial charge in [-0.25, -0.2) is 0 Å². The Balaban J connectivity index is 0.000000705. The first-order valence-electron chi connectivity index (χ1n) is 18.0. The van der Waals surface area contributed by atoms with Crippen molar-refractivity contribution in [2.75, 3.05) is 26.7 Å². The average molecular weight is 725 g/mol. The molecule has 2 aliphatic heterocycles. The third-order valence-corrected chi connectivity index (χ3v) is 9.28. The molecule has 1 unspecified atom stereocenters. The molecule has 2 heterocycles. The molecule has 2 saturated heterocycles. The molecule has 3 fully saturated rings. The number of likely N-dealkylation sites (N-methyl/N-ethyl adjacent to an activating group) is 1. The average Bonchev–Trinajstić information content (AvgIpc) is 3.87. The van der Waals surface area contributed by atoms with Crippen LogP contribution >= 0.6 is 15.9 Å². The molecule has 268 valence electrons. The zero-order valence-corrected chi connectivity index (χ0v) is 32.8. The third kappa shape index (κ3) is 17.5. The highest BCUT2D eigenvalue weighted by molar-refractivity contribution is 9.10. The summed E-state index contributed by atoms with van der Waals surface area (Å²) in [4.78, 5) is 27.1. The summed E-state index contributed by atoms with van der Waals surface area (Å²) in [5, 5.41) is 5.73. The molecule has 1 N–H and O–H groups in total. The van der Waals surface area contributed by atoms with Crippen molar-refractivity contribution < 1.29 is 9.59 Å². The van der Waals surface area contributed by atoms with Gasteiger partial charge in [-0.15, -0.1) is 26.0 Å². The molecule has 2 aromatic rings. The van der Waals surface area contributed by atoms with E-state index in [0.29, 0.717) is 24.3 Å². The van der Waals surface area contributed by atoms with Crippen LogP contribution in [-0.2, 0) is 9.59 Å². The molecule has 48 heavy (non-hydrogen) atoms. The molecule has 3 aliphatic rings. The van der Waals surface area contributed by atoms with Crippen LogP contribution in [0, 0.1) is 25.7 Å². The van der Waals surface area contributed by atoms with E-state index < -0.39 is 0 Å². The van der Waals surface area contributed by atoms with Crippen molar-refractivity contribution >= 4 is 38.4 Å². The first-order valence-corrected chi connectivity index (χ1v) is 18.8. The van der Waals surface area contributed by atoms with Crippen LogP contribution < -0.4 is 5.32 Å². The van der Waals surface area contributed by atoms with E-state index in [1.54, 1.807) is 6.92 Å². The number of fused-ring (bicyclic) bond motifs is 1. The molecule has 0 bridgehead atoms. The van der Waals surface area contributed by atoms with Gasteiger partial charge in [-0.3, -0.25) is 9.59 Å². The lowest BCUT2D eigenvalue weighted by molar-refractivity contribution is -0.135. The predicted molar refractivity (Wildman–Crippen MR) is 213 cm³/mol. The lowest BCUT2D eigenvalue weighted by Crippen LogP contribution is -2.51. The van der Waals surface area contributed by atoms with Gasteiger partial charge in [0, 0.05) is 35.2 Å². The van der Waals surface area contributed by atoms with E-state index in [1.807, 2.05) is 11.9 Å². The smallest absolute Gasteiger partial charge is 0.240 e. The molecular formula is C42H66BrN3O2. The number of likely N-dealkylation sites (tertiary alicyclic amines) is 2. The molecule has 0 radical (unpaired) electrons. The monoisotopic (exact) mass is 723 g/mol. The second kappa shape index (κ2) is 27.0. The number of halogens is 1. The molecule has 0 aromatic heterocycles. The van der Waals surface area contributed by atoms with Gasteiger partial charge in [0.25, 0.3) is 0 Å². The molecule has 6 heteroatoms. The van der Waals surface area contributed by atoms with Crippen molar-refractivity contribution in [2.24, 2.45) is 5.92 Å². The maximum Gasteiger partial charge on any atom is 0.240 e. The van der Waals surface area contributed by atoms with E-state index in [1.165, 1.54) is 67.7 Å². The third-order valence-electron chi connectivity index (χ3n) is 8.79. The molecular weight excluding hydrogens is 658 g/mol. The van der Waals surface area contributed by atoms with E-state index in [0.717, 1.165) is 48.9 Å². The minimum atomic E-state index is 0.000444. The molecule has 5 rings (SSSR count). The van der Waals surface area contributed by atoms with E-state index in [2.05, 4.69) is 123 Å². The maximum atomic E-state index is 12.4. The number of aryl methyl sites for hydroxylation is 1. The number of amides is 1. The van der Waals surface area contributed by atoms with Crippen LogP contribution in [0.4, 0.5) is 0 Å². The number of Topliss-reactive ketones (excluding diaryl/α,β-unsaturated/α-hetero) is 1. The van der Waals surface area contributed by atoms with E-state index in [4.69, 9.17) is 0 Å². The fourth-order valence-corrected chi connectivity index (χ4v) is 6.06. The van der Waals surface area contributed by atoms with Crippen molar-refractivity contribution in [1.82, 2.24) is 15.1 Å². The standard InChI is InChI=1S/C18H33N3O.C11H9Br.C5H8O.C4H10.C2H4.C2H2/c1-4-5-6-9-16-10-7-13-21(16)15(2)14-20-12-8-11-17(19-3)18(20)22;1-8-2-3-10-7-11(12)5-4-9(10)6-8;1-4(6)5-2-3-5;1-3-4-2;2*1-2/h16-17,19H,2,4-14H2,1,3H3;2-7H,1H3;5H,2-3H2,1H3;3-4H2,1-2H3;1-2H2;1-2H/t16?,17-;;;;;/m0...../s1. The molecule has 2 atom stereocenters. The largest absolute Gasteiger partial charge is 0.371 e. The first-order chi connectivity index (χ1) is 23.1. The predicted octanol–water partition coefficient (Wildman–Crippen LogP) is 10.5. The molecule has 2 aromatic carbocycles. The Morgan fingerprint density at radius 3 is 2.06 bits per heavy atom. The van der Waals surface area contributed by atoms with Gasteiger partial charge < -0.3 is 15.1 Å². The topological polar surface area (TPSA) is 52.7 Å². The second-order valence-corrected chi connectivity index (χ2v) is 13.6. The minimum absolute atomic E-state index is 0.000444. The normalized spacial score (nSPS) is 17.8. The maximum absolute atomic E-state index is 12.4. The zero-order chi connectivity index (χ0) is 36.5. The minimum Gasteiger partial charge on any atom is -0.371 e. The SMILES string of the molecule is C#C.C=C.C=C(CN1CCC[C@H](NC)C1=O)N1CCCC1CCCCC.CC(=O)C1CC1.CCCC.Cc1ccc2cc(Br)ccc2c1. The van der Waals surface area contributed by atoms with E-state index in [-0.39, 0.29) is 11.9 Å². The molecule has 5 nitrogen and oxygen atoms in total. The summed E-state index contributed by atoms with van der Waals surface area (Å²) < 4.78 is 1.14. The summed E-state index contributed by atoms with van der Waals surface area (Å²) in [7, 11) is 1.88. The Kier molecular flexibility index (Phi) is 25.4. The van der Waals surface area contributed by atoms with Gasteiger partial charge in [0.2, 0.25) is 5.91 Å². The number of hydrogen-bond acceptors (Lipinski definition) is 4. The van der Waals surface area contributed by atoms with E-state index in [9.17, 15) is 9.59 Å². The van der Waals surface area contributed by atoms with Crippen molar-refractivity contribution in [2.45, 2.75) is 124 Å². The number of nitrogens with zero attached hydrogens (tertiary/aromatic N) is 2. The Morgan fingerprint density at radius 1 is 0.917 bits per heavy atom. The van der Waals surface area contributed by atoms with Gasteiger partial charge in [0.1, 0.15) is 5.78 Å². The highest BCUT2D eigenvalue weighted by Gasteiger charge is 2.30. The Bertz CT molecular complexity index is 1180. The van der Waals surface area contributed by atoms with E-state index >= 15 is 0 Å². The number of unbranched alkanes of at least 4 members (excludes halogenated alkanes) is 3. The summed E-state index contributed by atoms with van der Waals surface area (Å²) in [6.45, 7) is 23.4. The van der Waals surface area contributed by atoms with Crippen LogP contribution in [-0.4, -0.2) is 60.3 Å². The first kappa shape index (κ1) is 45.1. The fourth-order valence-electron chi connectivity index (χ4n) is 5.68. The van der Waals surface area contributed by atoms with Crippen LogP contribution in [0.15, 0.2) is 66.3 Å². The van der Waals surface area contributed by atoms with Crippen LogP contribution in [0.1, 0.15) is 110 Å². The molecule has 1 saturated carbocycles. The lowest BCUT2D eigenvalue weighted by atomic mass is 10.0. The number of piperidine rings is 1. The van der Waals surface area contributed by atoms with Gasteiger partial charge in [-0.2, -0.15) is 0 Å². The Hall–Kier alpha value is -2.88. The van der Waals surface area contributed by atoms with Gasteiger partial charge in [-0.05, 0) is 88.7 Å². The van der Waals surface area contributed by atoms with Crippen LogP contribution in [0.25, 0.3) is 10.8 Å². The van der Waals surface area contributed by atoms with Crippen molar-refractivity contribution in [3.8, 4) is 12.8 Å². The number of rotatable bonds is 10. The van der Waals surface area contributed by atoms with Crippen molar-refractivity contribution in [3.63, 3.8) is 0 Å².